The minimum Gasteiger partial charge on any atom is -0.481 e. The molecule has 0 aromatic heterocycles. The number of rotatable bonds is 3. The molecule has 0 radical (unpaired) electrons. The molecule has 1 N–H and O–H groups in total. The van der Waals surface area contributed by atoms with E-state index in [-0.39, 0.29) is 0 Å². The van der Waals surface area contributed by atoms with E-state index >= 15 is 0 Å². The minimum absolute atomic E-state index is 0.311. The van der Waals surface area contributed by atoms with Crippen molar-refractivity contribution in [3.05, 3.63) is 0 Å². The third kappa shape index (κ3) is 3.21. The zero-order valence-electron chi connectivity index (χ0n) is 10.8. The van der Waals surface area contributed by atoms with Gasteiger partial charge in [-0.05, 0) is 45.4 Å². The van der Waals surface area contributed by atoms with Crippen LogP contribution in [-0.2, 0) is 9.53 Å². The topological polar surface area (TPSA) is 46.5 Å². The fourth-order valence-corrected chi connectivity index (χ4v) is 3.05. The van der Waals surface area contributed by atoms with Crippen molar-refractivity contribution in [1.29, 1.82) is 0 Å². The largest absolute Gasteiger partial charge is 0.481 e. The van der Waals surface area contributed by atoms with Gasteiger partial charge in [-0.3, -0.25) is 4.79 Å². The lowest BCUT2D eigenvalue weighted by atomic mass is 9.75. The lowest BCUT2D eigenvalue weighted by Gasteiger charge is -2.36. The van der Waals surface area contributed by atoms with E-state index in [1.807, 2.05) is 6.92 Å². The molecule has 2 saturated carbocycles. The van der Waals surface area contributed by atoms with Crippen LogP contribution in [0.15, 0.2) is 0 Å². The van der Waals surface area contributed by atoms with Crippen molar-refractivity contribution in [2.75, 3.05) is 0 Å². The van der Waals surface area contributed by atoms with Gasteiger partial charge in [-0.25, -0.2) is 0 Å². The summed E-state index contributed by atoms with van der Waals surface area (Å²) in [6.07, 6.45) is 10.5. The first-order valence-electron chi connectivity index (χ1n) is 6.99. The number of ether oxygens (including phenoxy) is 1. The van der Waals surface area contributed by atoms with Crippen LogP contribution in [-0.4, -0.2) is 23.3 Å². The molecule has 2 fully saturated rings. The second kappa shape index (κ2) is 5.38. The van der Waals surface area contributed by atoms with E-state index in [2.05, 4.69) is 0 Å². The Balaban J connectivity index is 1.77. The smallest absolute Gasteiger partial charge is 0.309 e. The molecule has 0 heterocycles. The zero-order chi connectivity index (χ0) is 12.3. The van der Waals surface area contributed by atoms with Crippen molar-refractivity contribution >= 4 is 5.97 Å². The average Bonchev–Trinajstić information content (AvgIpc) is 2.33. The summed E-state index contributed by atoms with van der Waals surface area (Å²) in [7, 11) is 0. The Morgan fingerprint density at radius 2 is 1.59 bits per heavy atom. The third-order valence-electron chi connectivity index (χ3n) is 4.49. The standard InChI is InChI=1S/C14H24O3/c1-14(13(15)16)9-7-12(8-10-14)17-11-5-3-2-4-6-11/h11-12H,2-10H2,1H3,(H,15,16). The molecule has 0 unspecified atom stereocenters. The van der Waals surface area contributed by atoms with E-state index in [4.69, 9.17) is 9.84 Å². The van der Waals surface area contributed by atoms with Crippen molar-refractivity contribution < 1.29 is 14.6 Å². The first kappa shape index (κ1) is 12.9. The predicted octanol–water partition coefficient (Wildman–Crippen LogP) is 3.37. The van der Waals surface area contributed by atoms with Crippen LogP contribution in [0.3, 0.4) is 0 Å². The molecule has 0 bridgehead atoms. The lowest BCUT2D eigenvalue weighted by molar-refractivity contribution is -0.152. The average molecular weight is 240 g/mol. The highest BCUT2D eigenvalue weighted by Crippen LogP contribution is 2.38. The van der Waals surface area contributed by atoms with Crippen LogP contribution < -0.4 is 0 Å². The normalized spacial score (nSPS) is 35.7. The SMILES string of the molecule is CC1(C(=O)O)CCC(OC2CCCCC2)CC1. The third-order valence-corrected chi connectivity index (χ3v) is 4.49. The molecule has 0 aliphatic heterocycles. The first-order chi connectivity index (χ1) is 8.10. The van der Waals surface area contributed by atoms with Gasteiger partial charge < -0.3 is 9.84 Å². The molecule has 0 amide bonds. The number of carboxylic acids is 1. The highest BCUT2D eigenvalue weighted by atomic mass is 16.5. The molecule has 0 atom stereocenters. The van der Waals surface area contributed by atoms with Gasteiger partial charge in [0, 0.05) is 0 Å². The first-order valence-corrected chi connectivity index (χ1v) is 6.99. The maximum atomic E-state index is 11.1. The summed E-state index contributed by atoms with van der Waals surface area (Å²) in [6, 6.07) is 0. The highest BCUT2D eigenvalue weighted by molar-refractivity contribution is 5.74. The van der Waals surface area contributed by atoms with Gasteiger partial charge in [0.15, 0.2) is 0 Å². The lowest BCUT2D eigenvalue weighted by Crippen LogP contribution is -2.36. The molecular weight excluding hydrogens is 216 g/mol. The van der Waals surface area contributed by atoms with Crippen molar-refractivity contribution in [3.8, 4) is 0 Å². The summed E-state index contributed by atoms with van der Waals surface area (Å²) in [5, 5.41) is 9.16. The van der Waals surface area contributed by atoms with Gasteiger partial charge in [0.1, 0.15) is 0 Å². The maximum absolute atomic E-state index is 11.1. The zero-order valence-corrected chi connectivity index (χ0v) is 10.8. The number of hydrogen-bond donors (Lipinski definition) is 1. The molecule has 0 spiro atoms. The fourth-order valence-electron chi connectivity index (χ4n) is 3.05. The molecule has 2 aliphatic rings. The van der Waals surface area contributed by atoms with E-state index < -0.39 is 11.4 Å². The van der Waals surface area contributed by atoms with E-state index in [0.29, 0.717) is 12.2 Å². The van der Waals surface area contributed by atoms with Gasteiger partial charge >= 0.3 is 5.97 Å². The number of aliphatic carboxylic acids is 1. The second-order valence-electron chi connectivity index (χ2n) is 5.96. The highest BCUT2D eigenvalue weighted by Gasteiger charge is 2.38. The molecule has 0 saturated heterocycles. The summed E-state index contributed by atoms with van der Waals surface area (Å²) in [4.78, 5) is 11.1. The monoisotopic (exact) mass is 240 g/mol. The van der Waals surface area contributed by atoms with Crippen molar-refractivity contribution in [2.45, 2.75) is 76.9 Å². The molecule has 2 aliphatic carbocycles. The predicted molar refractivity (Wildman–Crippen MR) is 66.0 cm³/mol. The van der Waals surface area contributed by atoms with E-state index in [1.165, 1.54) is 32.1 Å². The molecule has 2 rings (SSSR count). The Labute approximate surface area is 104 Å². The summed E-state index contributed by atoms with van der Waals surface area (Å²) < 4.78 is 6.11. The van der Waals surface area contributed by atoms with Crippen molar-refractivity contribution in [1.82, 2.24) is 0 Å². The van der Waals surface area contributed by atoms with Gasteiger partial charge in [0.05, 0.1) is 17.6 Å². The maximum Gasteiger partial charge on any atom is 0.309 e. The van der Waals surface area contributed by atoms with Crippen LogP contribution in [0.1, 0.15) is 64.7 Å². The molecule has 98 valence electrons. The fraction of sp³-hybridized carbons (Fsp3) is 0.929. The van der Waals surface area contributed by atoms with Crippen molar-refractivity contribution in [2.24, 2.45) is 5.41 Å². The van der Waals surface area contributed by atoms with E-state index in [0.717, 1.165) is 25.7 Å². The molecule has 3 heteroatoms. The minimum atomic E-state index is -0.645. The van der Waals surface area contributed by atoms with E-state index in [9.17, 15) is 4.79 Å². The number of hydrogen-bond acceptors (Lipinski definition) is 2. The van der Waals surface area contributed by atoms with Crippen molar-refractivity contribution in [3.63, 3.8) is 0 Å². The molecule has 0 aromatic rings. The number of carbonyl (C=O) groups is 1. The molecule has 0 aromatic carbocycles. The molecule has 3 nitrogen and oxygen atoms in total. The van der Waals surface area contributed by atoms with Crippen LogP contribution in [0.4, 0.5) is 0 Å². The Morgan fingerprint density at radius 3 is 2.12 bits per heavy atom. The Morgan fingerprint density at radius 1 is 1.06 bits per heavy atom. The van der Waals surface area contributed by atoms with Crippen LogP contribution >= 0.6 is 0 Å². The summed E-state index contributed by atoms with van der Waals surface area (Å²) in [5.74, 6) is -0.645. The summed E-state index contributed by atoms with van der Waals surface area (Å²) >= 11 is 0. The van der Waals surface area contributed by atoms with Gasteiger partial charge in [-0.1, -0.05) is 19.3 Å². The quantitative estimate of drug-likeness (QED) is 0.822. The summed E-state index contributed by atoms with van der Waals surface area (Å²) in [6.45, 7) is 1.87. The Kier molecular flexibility index (Phi) is 4.08. The van der Waals surface area contributed by atoms with Crippen LogP contribution in [0.25, 0.3) is 0 Å². The van der Waals surface area contributed by atoms with Gasteiger partial charge in [0.25, 0.3) is 0 Å². The van der Waals surface area contributed by atoms with Crippen LogP contribution in [0.5, 0.6) is 0 Å². The summed E-state index contributed by atoms with van der Waals surface area (Å²) in [5.41, 5.74) is -0.508. The molecule has 17 heavy (non-hydrogen) atoms. The number of carboxylic acid groups (broad SMARTS) is 1. The second-order valence-corrected chi connectivity index (χ2v) is 5.96. The van der Waals surface area contributed by atoms with E-state index in [1.54, 1.807) is 0 Å². The van der Waals surface area contributed by atoms with Crippen LogP contribution in [0.2, 0.25) is 0 Å². The van der Waals surface area contributed by atoms with Crippen LogP contribution in [0, 0.1) is 5.41 Å². The van der Waals surface area contributed by atoms with Gasteiger partial charge in [0.2, 0.25) is 0 Å². The van der Waals surface area contributed by atoms with Gasteiger partial charge in [-0.2, -0.15) is 0 Å². The Hall–Kier alpha value is -0.570. The van der Waals surface area contributed by atoms with Gasteiger partial charge in [-0.15, -0.1) is 0 Å². The molecular formula is C14H24O3. The Bertz CT molecular complexity index is 261.